The monoisotopic (exact) mass is 633 g/mol. The Morgan fingerprint density at radius 1 is 0.933 bits per heavy atom. The molecule has 45 heavy (non-hydrogen) atoms. The quantitative estimate of drug-likeness (QED) is 0.148. The molecule has 1 fully saturated rings. The van der Waals surface area contributed by atoms with E-state index in [1.54, 1.807) is 19.1 Å². The van der Waals surface area contributed by atoms with Crippen LogP contribution in [0.15, 0.2) is 107 Å². The van der Waals surface area contributed by atoms with E-state index in [9.17, 15) is 4.79 Å². The number of rotatable bonds is 8. The van der Waals surface area contributed by atoms with Gasteiger partial charge in [0.25, 0.3) is 5.91 Å². The molecule has 0 bridgehead atoms. The second-order valence-corrected chi connectivity index (χ2v) is 12.7. The van der Waals surface area contributed by atoms with Crippen molar-refractivity contribution in [2.24, 2.45) is 5.10 Å². The van der Waals surface area contributed by atoms with E-state index in [1.165, 1.54) is 11.8 Å². The molecule has 3 heterocycles. The van der Waals surface area contributed by atoms with Gasteiger partial charge in [0.05, 0.1) is 30.9 Å². The summed E-state index contributed by atoms with van der Waals surface area (Å²) in [5.74, 6) is 2.44. The van der Waals surface area contributed by atoms with Crippen molar-refractivity contribution in [2.75, 3.05) is 20.8 Å². The van der Waals surface area contributed by atoms with Gasteiger partial charge in [-0.15, -0.1) is 0 Å². The molecule has 7 rings (SSSR count). The number of fused-ring (bicyclic) bond motifs is 3. The summed E-state index contributed by atoms with van der Waals surface area (Å²) in [6.07, 6.45) is 3.02. The van der Waals surface area contributed by atoms with Crippen molar-refractivity contribution in [2.45, 2.75) is 25.1 Å². The van der Waals surface area contributed by atoms with Gasteiger partial charge in [0.1, 0.15) is 21.6 Å². The lowest BCUT2D eigenvalue weighted by molar-refractivity contribution is -0.122. The Hall–Kier alpha value is -4.60. The van der Waals surface area contributed by atoms with Gasteiger partial charge in [-0.3, -0.25) is 9.69 Å². The SMILES string of the molecule is COc1ccc(CCN2C(=O)/C(=C/c3ccc(C4Oc5ccccc5C5CC(c6ccc(OC)cc6)=NN54)cc3)SC2=S)cc1. The van der Waals surface area contributed by atoms with Crippen molar-refractivity contribution in [1.82, 2.24) is 9.91 Å². The number of para-hydroxylation sites is 1. The van der Waals surface area contributed by atoms with Gasteiger partial charge in [0.15, 0.2) is 0 Å². The third kappa shape index (κ3) is 5.81. The van der Waals surface area contributed by atoms with Crippen LogP contribution in [0.1, 0.15) is 46.5 Å². The Morgan fingerprint density at radius 3 is 2.33 bits per heavy atom. The Kier molecular flexibility index (Phi) is 8.04. The molecule has 1 saturated heterocycles. The highest BCUT2D eigenvalue weighted by Crippen LogP contribution is 2.47. The minimum Gasteiger partial charge on any atom is -0.497 e. The number of nitrogens with zero attached hydrogens (tertiary/aromatic N) is 3. The first-order valence-corrected chi connectivity index (χ1v) is 16.0. The van der Waals surface area contributed by atoms with E-state index < -0.39 is 0 Å². The van der Waals surface area contributed by atoms with E-state index in [4.69, 9.17) is 31.5 Å². The summed E-state index contributed by atoms with van der Waals surface area (Å²) in [6, 6.07) is 32.3. The Balaban J connectivity index is 1.09. The van der Waals surface area contributed by atoms with Gasteiger partial charge in [-0.1, -0.05) is 78.6 Å². The molecule has 4 aromatic rings. The smallest absolute Gasteiger partial charge is 0.266 e. The van der Waals surface area contributed by atoms with Crippen LogP contribution in [-0.2, 0) is 11.2 Å². The molecule has 3 aliphatic rings. The van der Waals surface area contributed by atoms with Gasteiger partial charge < -0.3 is 14.2 Å². The lowest BCUT2D eigenvalue weighted by Crippen LogP contribution is -2.33. The molecule has 9 heteroatoms. The summed E-state index contributed by atoms with van der Waals surface area (Å²) in [7, 11) is 3.32. The predicted molar refractivity (Wildman–Crippen MR) is 182 cm³/mol. The third-order valence-electron chi connectivity index (χ3n) is 8.30. The molecule has 0 N–H and O–H groups in total. The topological polar surface area (TPSA) is 63.6 Å². The Morgan fingerprint density at radius 2 is 1.62 bits per heavy atom. The summed E-state index contributed by atoms with van der Waals surface area (Å²) in [4.78, 5) is 15.6. The van der Waals surface area contributed by atoms with Gasteiger partial charge >= 0.3 is 0 Å². The van der Waals surface area contributed by atoms with Gasteiger partial charge in [0.2, 0.25) is 6.23 Å². The summed E-state index contributed by atoms with van der Waals surface area (Å²) in [6.45, 7) is 0.532. The molecule has 2 atom stereocenters. The molecular formula is C36H31N3O4S2. The zero-order valence-corrected chi connectivity index (χ0v) is 26.5. The minimum atomic E-state index is -0.383. The molecule has 4 aromatic carbocycles. The highest BCUT2D eigenvalue weighted by molar-refractivity contribution is 8.26. The normalized spacial score (nSPS) is 19.7. The van der Waals surface area contributed by atoms with Crippen LogP contribution in [0.25, 0.3) is 6.08 Å². The van der Waals surface area contributed by atoms with E-state index >= 15 is 0 Å². The second kappa shape index (κ2) is 12.4. The van der Waals surface area contributed by atoms with Crippen molar-refractivity contribution >= 4 is 46.0 Å². The largest absolute Gasteiger partial charge is 0.497 e. The number of thioether (sulfide) groups is 1. The van der Waals surface area contributed by atoms with Crippen LogP contribution in [0.3, 0.4) is 0 Å². The summed E-state index contributed by atoms with van der Waals surface area (Å²) in [5, 5.41) is 7.15. The van der Waals surface area contributed by atoms with Crippen LogP contribution >= 0.6 is 24.0 Å². The number of hydrogen-bond acceptors (Lipinski definition) is 8. The van der Waals surface area contributed by atoms with Crippen molar-refractivity contribution < 1.29 is 19.0 Å². The number of thiocarbonyl (C=S) groups is 1. The fourth-order valence-corrected chi connectivity index (χ4v) is 7.15. The predicted octanol–water partition coefficient (Wildman–Crippen LogP) is 7.39. The number of carbonyl (C=O) groups excluding carboxylic acids is 1. The van der Waals surface area contributed by atoms with E-state index in [0.29, 0.717) is 22.2 Å². The van der Waals surface area contributed by atoms with Gasteiger partial charge in [-0.2, -0.15) is 5.10 Å². The highest BCUT2D eigenvalue weighted by Gasteiger charge is 2.41. The summed E-state index contributed by atoms with van der Waals surface area (Å²) < 4.78 is 17.7. The third-order valence-corrected chi connectivity index (χ3v) is 9.68. The molecule has 0 aliphatic carbocycles. The molecule has 1 amide bonds. The molecule has 7 nitrogen and oxygen atoms in total. The number of hydrogen-bond donors (Lipinski definition) is 0. The molecule has 0 spiro atoms. The molecule has 3 aliphatic heterocycles. The Bertz CT molecular complexity index is 1800. The number of amides is 1. The van der Waals surface area contributed by atoms with Gasteiger partial charge in [-0.25, -0.2) is 5.01 Å². The van der Waals surface area contributed by atoms with Crippen LogP contribution in [0, 0.1) is 0 Å². The van der Waals surface area contributed by atoms with Crippen molar-refractivity contribution in [3.05, 3.63) is 130 Å². The van der Waals surface area contributed by atoms with Gasteiger partial charge in [-0.05, 0) is 71.7 Å². The second-order valence-electron chi connectivity index (χ2n) is 11.0. The zero-order chi connectivity index (χ0) is 30.9. The van der Waals surface area contributed by atoms with Crippen LogP contribution < -0.4 is 14.2 Å². The summed E-state index contributed by atoms with van der Waals surface area (Å²) >= 11 is 6.92. The number of carbonyl (C=O) groups is 1. The molecule has 0 aromatic heterocycles. The molecule has 2 unspecified atom stereocenters. The van der Waals surface area contributed by atoms with E-state index in [0.717, 1.165) is 57.2 Å². The lowest BCUT2D eigenvalue weighted by atomic mass is 9.96. The van der Waals surface area contributed by atoms with Crippen LogP contribution in [0.4, 0.5) is 0 Å². The number of benzene rings is 4. The fraction of sp³-hybridized carbons (Fsp3) is 0.194. The fourth-order valence-electron chi connectivity index (χ4n) is 5.85. The van der Waals surface area contributed by atoms with Gasteiger partial charge in [0, 0.05) is 24.1 Å². The molecule has 0 saturated carbocycles. The first-order chi connectivity index (χ1) is 22.0. The molecule has 0 radical (unpaired) electrons. The first-order valence-electron chi connectivity index (χ1n) is 14.7. The maximum Gasteiger partial charge on any atom is 0.266 e. The van der Waals surface area contributed by atoms with Crippen molar-refractivity contribution in [3.8, 4) is 17.2 Å². The molecular weight excluding hydrogens is 603 g/mol. The minimum absolute atomic E-state index is 0.0601. The van der Waals surface area contributed by atoms with Crippen LogP contribution in [0.2, 0.25) is 0 Å². The van der Waals surface area contributed by atoms with E-state index in [2.05, 4.69) is 11.1 Å². The average Bonchev–Trinajstić information content (AvgIpc) is 3.65. The number of hydrazone groups is 1. The zero-order valence-electron chi connectivity index (χ0n) is 24.9. The number of methoxy groups -OCH3 is 2. The maximum absolute atomic E-state index is 13.3. The molecule has 226 valence electrons. The van der Waals surface area contributed by atoms with Crippen molar-refractivity contribution in [1.29, 1.82) is 0 Å². The number of ether oxygens (including phenoxy) is 3. The van der Waals surface area contributed by atoms with E-state index in [1.807, 2.05) is 97.1 Å². The summed E-state index contributed by atoms with van der Waals surface area (Å²) in [5.41, 5.74) is 6.24. The standard InChI is InChI=1S/C36H31N3O4S2/c1-41-27-15-9-23(10-16-27)19-20-38-34(40)33(45-36(38)44)21-24-7-11-26(12-8-24)35-39-31(29-5-3-4-6-32(29)43-35)22-30(37-39)25-13-17-28(42-2)18-14-25/h3-18,21,31,35H,19-20,22H2,1-2H3/b33-21-. The lowest BCUT2D eigenvalue weighted by Gasteiger charge is -2.38. The maximum atomic E-state index is 13.3. The van der Waals surface area contributed by atoms with Crippen molar-refractivity contribution in [3.63, 3.8) is 0 Å². The first kappa shape index (κ1) is 29.1. The Labute approximate surface area is 272 Å². The van der Waals surface area contributed by atoms with E-state index in [-0.39, 0.29) is 18.2 Å². The average molecular weight is 634 g/mol. The van der Waals surface area contributed by atoms with Crippen LogP contribution in [-0.4, -0.2) is 46.6 Å². The van der Waals surface area contributed by atoms with Crippen LogP contribution in [0.5, 0.6) is 17.2 Å². The highest BCUT2D eigenvalue weighted by atomic mass is 32.2.